The Balaban J connectivity index is 1.93. The molecule has 0 radical (unpaired) electrons. The zero-order chi connectivity index (χ0) is 10.5. The van der Waals surface area contributed by atoms with E-state index in [1.165, 1.54) is 30.2 Å². The van der Waals surface area contributed by atoms with Crippen molar-refractivity contribution in [3.05, 3.63) is 12.3 Å². The minimum absolute atomic E-state index is 0.651. The van der Waals surface area contributed by atoms with E-state index in [2.05, 4.69) is 39.8 Å². The van der Waals surface area contributed by atoms with Crippen LogP contribution in [0, 0.1) is 0 Å². The van der Waals surface area contributed by atoms with Crippen LogP contribution >= 0.6 is 11.8 Å². The number of nitrogens with one attached hydrogen (secondary N) is 1. The Morgan fingerprint density at radius 2 is 2.33 bits per heavy atom. The molecule has 84 valence electrons. The lowest BCUT2D eigenvalue weighted by Gasteiger charge is -2.23. The van der Waals surface area contributed by atoms with Gasteiger partial charge in [-0.3, -0.25) is 0 Å². The average Bonchev–Trinajstić information content (AvgIpc) is 2.68. The lowest BCUT2D eigenvalue weighted by molar-refractivity contribution is 0.590. The molecular weight excluding hydrogens is 206 g/mol. The van der Waals surface area contributed by atoms with Gasteiger partial charge < -0.3 is 5.32 Å². The standard InChI is InChI=1S/C11H19N3S/c1-2-7-14-11(3-6-12-14)13-10-4-8-15-9-5-10/h3,6,10,13H,2,4-5,7-9H2,1H3. The summed E-state index contributed by atoms with van der Waals surface area (Å²) in [6, 6.07) is 2.73. The van der Waals surface area contributed by atoms with Gasteiger partial charge in [-0.15, -0.1) is 0 Å². The van der Waals surface area contributed by atoms with Crippen molar-refractivity contribution >= 4 is 17.6 Å². The number of hydrogen-bond donors (Lipinski definition) is 1. The van der Waals surface area contributed by atoms with Crippen molar-refractivity contribution in [2.24, 2.45) is 0 Å². The van der Waals surface area contributed by atoms with Crippen LogP contribution in [0.25, 0.3) is 0 Å². The predicted octanol–water partition coefficient (Wildman–Crippen LogP) is 2.60. The first-order valence-corrected chi connectivity index (χ1v) is 6.91. The highest BCUT2D eigenvalue weighted by atomic mass is 32.2. The minimum atomic E-state index is 0.651. The van der Waals surface area contributed by atoms with Crippen molar-refractivity contribution in [2.75, 3.05) is 16.8 Å². The molecule has 15 heavy (non-hydrogen) atoms. The molecule has 0 aliphatic carbocycles. The first-order chi connectivity index (χ1) is 7.40. The maximum absolute atomic E-state index is 4.32. The summed E-state index contributed by atoms with van der Waals surface area (Å²) < 4.78 is 2.07. The minimum Gasteiger partial charge on any atom is -0.367 e. The van der Waals surface area contributed by atoms with Gasteiger partial charge >= 0.3 is 0 Å². The fourth-order valence-electron chi connectivity index (χ4n) is 1.90. The van der Waals surface area contributed by atoms with E-state index in [1.54, 1.807) is 0 Å². The summed E-state index contributed by atoms with van der Waals surface area (Å²) in [7, 11) is 0. The van der Waals surface area contributed by atoms with E-state index in [1.807, 2.05) is 6.20 Å². The molecule has 2 rings (SSSR count). The molecule has 0 aromatic carbocycles. The highest BCUT2D eigenvalue weighted by Gasteiger charge is 2.14. The molecule has 1 aromatic rings. The fourth-order valence-corrected chi connectivity index (χ4v) is 3.00. The van der Waals surface area contributed by atoms with Crippen molar-refractivity contribution in [1.29, 1.82) is 0 Å². The van der Waals surface area contributed by atoms with Gasteiger partial charge in [0, 0.05) is 18.7 Å². The number of hydrogen-bond acceptors (Lipinski definition) is 3. The van der Waals surface area contributed by atoms with Gasteiger partial charge in [-0.25, -0.2) is 4.68 Å². The van der Waals surface area contributed by atoms with E-state index in [9.17, 15) is 0 Å². The van der Waals surface area contributed by atoms with Crippen LogP contribution in [0.1, 0.15) is 26.2 Å². The Kier molecular flexibility index (Phi) is 3.94. The van der Waals surface area contributed by atoms with Crippen LogP contribution in [-0.4, -0.2) is 27.3 Å². The maximum Gasteiger partial charge on any atom is 0.124 e. The summed E-state index contributed by atoms with van der Waals surface area (Å²) >= 11 is 2.06. The molecule has 2 heterocycles. The zero-order valence-corrected chi connectivity index (χ0v) is 10.1. The second-order valence-electron chi connectivity index (χ2n) is 3.97. The molecule has 1 aliphatic heterocycles. The Labute approximate surface area is 95.6 Å². The van der Waals surface area contributed by atoms with E-state index < -0.39 is 0 Å². The topological polar surface area (TPSA) is 29.9 Å². The smallest absolute Gasteiger partial charge is 0.124 e. The SMILES string of the molecule is CCCn1nccc1NC1CCSCC1. The van der Waals surface area contributed by atoms with Crippen LogP contribution in [0.15, 0.2) is 12.3 Å². The molecule has 1 saturated heterocycles. The third-order valence-electron chi connectivity index (χ3n) is 2.73. The van der Waals surface area contributed by atoms with E-state index in [0.29, 0.717) is 6.04 Å². The molecule has 0 unspecified atom stereocenters. The van der Waals surface area contributed by atoms with E-state index in [4.69, 9.17) is 0 Å². The number of rotatable bonds is 4. The van der Waals surface area contributed by atoms with Gasteiger partial charge in [0.1, 0.15) is 5.82 Å². The summed E-state index contributed by atoms with van der Waals surface area (Å²) in [5.74, 6) is 3.77. The van der Waals surface area contributed by atoms with Gasteiger partial charge in [0.25, 0.3) is 0 Å². The molecule has 0 amide bonds. The number of nitrogens with zero attached hydrogens (tertiary/aromatic N) is 2. The molecule has 0 saturated carbocycles. The molecule has 0 atom stereocenters. The summed E-state index contributed by atoms with van der Waals surface area (Å²) in [5.41, 5.74) is 0. The van der Waals surface area contributed by atoms with Crippen LogP contribution in [0.3, 0.4) is 0 Å². The van der Waals surface area contributed by atoms with E-state index in [-0.39, 0.29) is 0 Å². The largest absolute Gasteiger partial charge is 0.367 e. The quantitative estimate of drug-likeness (QED) is 0.854. The highest BCUT2D eigenvalue weighted by Crippen LogP contribution is 2.20. The number of aryl methyl sites for hydroxylation is 1. The summed E-state index contributed by atoms with van der Waals surface area (Å²) in [4.78, 5) is 0. The van der Waals surface area contributed by atoms with E-state index >= 15 is 0 Å². The van der Waals surface area contributed by atoms with Crippen LogP contribution in [0.4, 0.5) is 5.82 Å². The van der Waals surface area contributed by atoms with Gasteiger partial charge in [-0.2, -0.15) is 16.9 Å². The maximum atomic E-state index is 4.32. The first-order valence-electron chi connectivity index (χ1n) is 5.76. The second-order valence-corrected chi connectivity index (χ2v) is 5.20. The van der Waals surface area contributed by atoms with Crippen LogP contribution < -0.4 is 5.32 Å². The summed E-state index contributed by atoms with van der Waals surface area (Å²) in [6.45, 7) is 3.19. The monoisotopic (exact) mass is 225 g/mol. The van der Waals surface area contributed by atoms with Gasteiger partial charge in [0.15, 0.2) is 0 Å². The zero-order valence-electron chi connectivity index (χ0n) is 9.28. The second kappa shape index (κ2) is 5.45. The molecule has 0 bridgehead atoms. The summed E-state index contributed by atoms with van der Waals surface area (Å²) in [5, 5.41) is 7.92. The molecule has 1 N–H and O–H groups in total. The summed E-state index contributed by atoms with van der Waals surface area (Å²) in [6.07, 6.45) is 5.58. The van der Waals surface area contributed by atoms with Crippen molar-refractivity contribution in [3.8, 4) is 0 Å². The number of aromatic nitrogens is 2. The van der Waals surface area contributed by atoms with Crippen LogP contribution in [-0.2, 0) is 6.54 Å². The molecule has 0 spiro atoms. The molecule has 1 fully saturated rings. The van der Waals surface area contributed by atoms with Crippen molar-refractivity contribution in [2.45, 2.75) is 38.8 Å². The third-order valence-corrected chi connectivity index (χ3v) is 3.77. The Morgan fingerprint density at radius 1 is 1.53 bits per heavy atom. The number of thioether (sulfide) groups is 1. The Hall–Kier alpha value is -0.640. The molecule has 1 aliphatic rings. The number of anilines is 1. The molecule has 3 nitrogen and oxygen atoms in total. The van der Waals surface area contributed by atoms with E-state index in [0.717, 1.165) is 13.0 Å². The lowest BCUT2D eigenvalue weighted by Crippen LogP contribution is -2.26. The fraction of sp³-hybridized carbons (Fsp3) is 0.727. The average molecular weight is 225 g/mol. The molecule has 4 heteroatoms. The van der Waals surface area contributed by atoms with Crippen molar-refractivity contribution in [3.63, 3.8) is 0 Å². The highest BCUT2D eigenvalue weighted by molar-refractivity contribution is 7.99. The molecule has 1 aromatic heterocycles. The molecular formula is C11H19N3S. The Morgan fingerprint density at radius 3 is 3.07 bits per heavy atom. The first kappa shape index (κ1) is 10.9. The Bertz CT molecular complexity index is 292. The van der Waals surface area contributed by atoms with Crippen molar-refractivity contribution < 1.29 is 0 Å². The van der Waals surface area contributed by atoms with Gasteiger partial charge in [-0.05, 0) is 30.8 Å². The lowest BCUT2D eigenvalue weighted by atomic mass is 10.1. The van der Waals surface area contributed by atoms with Gasteiger partial charge in [0.2, 0.25) is 0 Å². The predicted molar refractivity (Wildman–Crippen MR) is 66.5 cm³/mol. The van der Waals surface area contributed by atoms with Gasteiger partial charge in [0.05, 0.1) is 6.20 Å². The normalized spacial score (nSPS) is 17.9. The van der Waals surface area contributed by atoms with Crippen LogP contribution in [0.2, 0.25) is 0 Å². The van der Waals surface area contributed by atoms with Crippen LogP contribution in [0.5, 0.6) is 0 Å². The third kappa shape index (κ3) is 2.91. The van der Waals surface area contributed by atoms with Gasteiger partial charge in [-0.1, -0.05) is 6.92 Å². The van der Waals surface area contributed by atoms with Crippen molar-refractivity contribution in [1.82, 2.24) is 9.78 Å².